The summed E-state index contributed by atoms with van der Waals surface area (Å²) < 4.78 is 0.883. The van der Waals surface area contributed by atoms with E-state index in [-0.39, 0.29) is 12.3 Å². The molecule has 0 saturated carbocycles. The number of amides is 1. The van der Waals surface area contributed by atoms with E-state index < -0.39 is 5.97 Å². The van der Waals surface area contributed by atoms with E-state index in [1.165, 1.54) is 0 Å². The van der Waals surface area contributed by atoms with Crippen LogP contribution in [0.4, 0.5) is 0 Å². The van der Waals surface area contributed by atoms with Crippen molar-refractivity contribution in [2.45, 2.75) is 39.0 Å². The number of carbonyl (C=O) groups is 2. The molecular formula is C15H28N2O3. The number of unbranched alkanes of at least 4 members (excludes halogenated alkanes) is 2. The summed E-state index contributed by atoms with van der Waals surface area (Å²) in [7, 11) is 4.30. The number of rotatable bonds is 11. The van der Waals surface area contributed by atoms with Crippen LogP contribution in [0.1, 0.15) is 39.0 Å². The number of hydrogen-bond acceptors (Lipinski definition) is 3. The SMILES string of the molecule is C=C(C)C(=O)NCCC[N+](C)(C)CCCCCC(=O)[O-]. The Labute approximate surface area is 122 Å². The van der Waals surface area contributed by atoms with Gasteiger partial charge < -0.3 is 19.7 Å². The highest BCUT2D eigenvalue weighted by Crippen LogP contribution is 2.06. The number of carboxylic acids is 1. The van der Waals surface area contributed by atoms with E-state index in [1.807, 2.05) is 0 Å². The van der Waals surface area contributed by atoms with E-state index in [1.54, 1.807) is 6.92 Å². The maximum Gasteiger partial charge on any atom is 0.246 e. The van der Waals surface area contributed by atoms with Crippen LogP contribution in [-0.2, 0) is 9.59 Å². The summed E-state index contributed by atoms with van der Waals surface area (Å²) in [5.74, 6) is -1.05. The summed E-state index contributed by atoms with van der Waals surface area (Å²) in [6, 6.07) is 0. The Hall–Kier alpha value is -1.36. The summed E-state index contributed by atoms with van der Waals surface area (Å²) >= 11 is 0. The van der Waals surface area contributed by atoms with E-state index in [0.717, 1.165) is 36.8 Å². The lowest BCUT2D eigenvalue weighted by Crippen LogP contribution is -2.42. The van der Waals surface area contributed by atoms with Crippen LogP contribution in [0.15, 0.2) is 12.2 Å². The van der Waals surface area contributed by atoms with Crippen molar-refractivity contribution in [3.63, 3.8) is 0 Å². The molecule has 0 heterocycles. The Morgan fingerprint density at radius 3 is 2.25 bits per heavy atom. The van der Waals surface area contributed by atoms with Crippen LogP contribution in [-0.4, -0.2) is 50.1 Å². The molecule has 0 radical (unpaired) electrons. The second-order valence-electron chi connectivity index (χ2n) is 5.96. The molecule has 0 bridgehead atoms. The molecule has 0 aliphatic rings. The summed E-state index contributed by atoms with van der Waals surface area (Å²) in [6.07, 6.45) is 3.70. The molecule has 0 aliphatic heterocycles. The minimum Gasteiger partial charge on any atom is -0.550 e. The smallest absolute Gasteiger partial charge is 0.246 e. The zero-order valence-corrected chi connectivity index (χ0v) is 13.0. The van der Waals surface area contributed by atoms with Crippen LogP contribution in [0.25, 0.3) is 0 Å². The van der Waals surface area contributed by atoms with Crippen molar-refractivity contribution < 1.29 is 19.2 Å². The van der Waals surface area contributed by atoms with Crippen molar-refractivity contribution in [2.24, 2.45) is 0 Å². The molecule has 116 valence electrons. The van der Waals surface area contributed by atoms with E-state index in [2.05, 4.69) is 26.0 Å². The largest absolute Gasteiger partial charge is 0.550 e. The fourth-order valence-electron chi connectivity index (χ4n) is 1.96. The first-order valence-corrected chi connectivity index (χ1v) is 7.20. The van der Waals surface area contributed by atoms with Gasteiger partial charge in [-0.25, -0.2) is 0 Å². The molecule has 0 spiro atoms. The first-order valence-electron chi connectivity index (χ1n) is 7.20. The molecule has 0 saturated heterocycles. The first-order chi connectivity index (χ1) is 9.24. The van der Waals surface area contributed by atoms with Crippen LogP contribution in [0, 0.1) is 0 Å². The summed E-state index contributed by atoms with van der Waals surface area (Å²) in [4.78, 5) is 21.6. The maximum absolute atomic E-state index is 11.3. The molecule has 0 aromatic rings. The molecule has 0 rings (SSSR count). The van der Waals surface area contributed by atoms with Crippen molar-refractivity contribution in [3.8, 4) is 0 Å². The topological polar surface area (TPSA) is 69.2 Å². The van der Waals surface area contributed by atoms with Crippen molar-refractivity contribution in [2.75, 3.05) is 33.7 Å². The summed E-state index contributed by atoms with van der Waals surface area (Å²) in [6.45, 7) is 7.95. The molecule has 1 amide bonds. The summed E-state index contributed by atoms with van der Waals surface area (Å²) in [5, 5.41) is 13.1. The highest BCUT2D eigenvalue weighted by atomic mass is 16.4. The second-order valence-corrected chi connectivity index (χ2v) is 5.96. The normalized spacial score (nSPS) is 11.2. The zero-order valence-electron chi connectivity index (χ0n) is 13.0. The number of quaternary nitrogens is 1. The number of nitrogens with zero attached hydrogens (tertiary/aromatic N) is 1. The average Bonchev–Trinajstić information content (AvgIpc) is 2.33. The van der Waals surface area contributed by atoms with E-state index >= 15 is 0 Å². The van der Waals surface area contributed by atoms with Crippen molar-refractivity contribution >= 4 is 11.9 Å². The maximum atomic E-state index is 11.3. The van der Waals surface area contributed by atoms with Gasteiger partial charge in [-0.15, -0.1) is 0 Å². The Morgan fingerprint density at radius 1 is 1.10 bits per heavy atom. The number of hydrogen-bond donors (Lipinski definition) is 1. The predicted octanol–water partition coefficient (Wildman–Crippen LogP) is 0.456. The van der Waals surface area contributed by atoms with Crippen LogP contribution in [0.3, 0.4) is 0 Å². The van der Waals surface area contributed by atoms with Crippen LogP contribution in [0.5, 0.6) is 0 Å². The molecule has 5 nitrogen and oxygen atoms in total. The van der Waals surface area contributed by atoms with Gasteiger partial charge in [-0.2, -0.15) is 0 Å². The number of nitrogens with one attached hydrogen (secondary N) is 1. The van der Waals surface area contributed by atoms with Crippen LogP contribution in [0.2, 0.25) is 0 Å². The van der Waals surface area contributed by atoms with Gasteiger partial charge in [-0.1, -0.05) is 6.58 Å². The fraction of sp³-hybridized carbons (Fsp3) is 0.733. The average molecular weight is 284 g/mol. The highest BCUT2D eigenvalue weighted by molar-refractivity contribution is 5.91. The van der Waals surface area contributed by atoms with E-state index in [0.29, 0.717) is 18.5 Å². The molecular weight excluding hydrogens is 256 g/mol. The predicted molar refractivity (Wildman–Crippen MR) is 77.8 cm³/mol. The van der Waals surface area contributed by atoms with Gasteiger partial charge in [0, 0.05) is 24.5 Å². The number of aliphatic carboxylic acids is 1. The molecule has 0 atom stereocenters. The van der Waals surface area contributed by atoms with Gasteiger partial charge in [-0.3, -0.25) is 4.79 Å². The number of carbonyl (C=O) groups excluding carboxylic acids is 2. The molecule has 0 unspecified atom stereocenters. The Balaban J connectivity index is 3.66. The zero-order chi connectivity index (χ0) is 15.6. The lowest BCUT2D eigenvalue weighted by Gasteiger charge is -2.30. The Bertz CT molecular complexity index is 338. The monoisotopic (exact) mass is 284 g/mol. The standard InChI is InChI=1S/C15H28N2O3/c1-13(2)15(20)16-10-8-12-17(3,4)11-7-5-6-9-14(18)19/h1,5-12H2,2-4H3,(H-,16,18,19,20). The van der Waals surface area contributed by atoms with Crippen molar-refractivity contribution in [1.29, 1.82) is 0 Å². The van der Waals surface area contributed by atoms with E-state index in [4.69, 9.17) is 0 Å². The van der Waals surface area contributed by atoms with Gasteiger partial charge in [0.15, 0.2) is 0 Å². The van der Waals surface area contributed by atoms with E-state index in [9.17, 15) is 14.7 Å². The van der Waals surface area contributed by atoms with Crippen molar-refractivity contribution in [1.82, 2.24) is 5.32 Å². The van der Waals surface area contributed by atoms with Gasteiger partial charge >= 0.3 is 0 Å². The van der Waals surface area contributed by atoms with Crippen molar-refractivity contribution in [3.05, 3.63) is 12.2 Å². The van der Waals surface area contributed by atoms with Gasteiger partial charge in [0.25, 0.3) is 0 Å². The minimum absolute atomic E-state index is 0.0856. The Morgan fingerprint density at radius 2 is 1.70 bits per heavy atom. The lowest BCUT2D eigenvalue weighted by atomic mass is 10.2. The van der Waals surface area contributed by atoms with Gasteiger partial charge in [0.05, 0.1) is 27.2 Å². The van der Waals surface area contributed by atoms with Gasteiger partial charge in [-0.05, 0) is 32.6 Å². The fourth-order valence-corrected chi connectivity index (χ4v) is 1.96. The molecule has 0 fully saturated rings. The third-order valence-corrected chi connectivity index (χ3v) is 3.26. The first kappa shape index (κ1) is 18.6. The Kier molecular flexibility index (Phi) is 8.88. The molecule has 0 aromatic carbocycles. The molecule has 0 aromatic heterocycles. The third kappa shape index (κ3) is 10.6. The van der Waals surface area contributed by atoms with Gasteiger partial charge in [0.2, 0.25) is 5.91 Å². The molecule has 20 heavy (non-hydrogen) atoms. The number of carboxylic acid groups (broad SMARTS) is 1. The van der Waals surface area contributed by atoms with Crippen LogP contribution >= 0.6 is 0 Å². The molecule has 1 N–H and O–H groups in total. The second kappa shape index (κ2) is 9.53. The molecule has 5 heteroatoms. The highest BCUT2D eigenvalue weighted by Gasteiger charge is 2.14. The summed E-state index contributed by atoms with van der Waals surface area (Å²) in [5.41, 5.74) is 0.534. The quantitative estimate of drug-likeness (QED) is 0.340. The minimum atomic E-state index is -0.966. The van der Waals surface area contributed by atoms with Crippen LogP contribution < -0.4 is 10.4 Å². The van der Waals surface area contributed by atoms with Gasteiger partial charge in [0.1, 0.15) is 0 Å². The molecule has 0 aliphatic carbocycles. The third-order valence-electron chi connectivity index (χ3n) is 3.26. The lowest BCUT2D eigenvalue weighted by molar-refractivity contribution is -0.890.